The van der Waals surface area contributed by atoms with Gasteiger partial charge in [0.2, 0.25) is 0 Å². The molecule has 0 amide bonds. The second-order valence-corrected chi connectivity index (χ2v) is 5.67. The molecule has 0 aromatic rings. The minimum Gasteiger partial charge on any atom is -0.481 e. The van der Waals surface area contributed by atoms with E-state index < -0.39 is 5.97 Å². The number of carbonyl (C=O) groups excluding carboxylic acids is 1. The van der Waals surface area contributed by atoms with Crippen molar-refractivity contribution in [3.63, 3.8) is 0 Å². The van der Waals surface area contributed by atoms with E-state index in [0.29, 0.717) is 25.4 Å². The summed E-state index contributed by atoms with van der Waals surface area (Å²) in [6.45, 7) is 2.78. The molecular weight excluding hydrogens is 244 g/mol. The number of allylic oxidation sites excluding steroid dienone is 1. The van der Waals surface area contributed by atoms with Crippen LogP contribution in [0.2, 0.25) is 0 Å². The third-order valence-electron chi connectivity index (χ3n) is 4.34. The van der Waals surface area contributed by atoms with Crippen molar-refractivity contribution in [2.45, 2.75) is 51.0 Å². The van der Waals surface area contributed by atoms with Gasteiger partial charge >= 0.3 is 5.97 Å². The summed E-state index contributed by atoms with van der Waals surface area (Å²) in [6.07, 6.45) is 7.83. The number of rotatable bonds is 6. The van der Waals surface area contributed by atoms with Gasteiger partial charge in [-0.3, -0.25) is 9.59 Å². The van der Waals surface area contributed by atoms with Crippen LogP contribution in [-0.4, -0.2) is 29.1 Å². The molecule has 2 aliphatic rings. The van der Waals surface area contributed by atoms with Gasteiger partial charge in [0.15, 0.2) is 5.78 Å². The standard InChI is InChI=1S/C15H22O4/c1-2-7-15-8-6-12(16)9-13(15)11(10-19-15)4-3-5-14(17)18/h6,8,11,13H,2-5,7,9-10H2,1H3,(H,17,18). The molecule has 0 aromatic carbocycles. The van der Waals surface area contributed by atoms with Gasteiger partial charge in [-0.1, -0.05) is 13.3 Å². The highest BCUT2D eigenvalue weighted by molar-refractivity contribution is 5.91. The van der Waals surface area contributed by atoms with Gasteiger partial charge in [0, 0.05) is 18.8 Å². The second kappa shape index (κ2) is 5.87. The first-order chi connectivity index (χ1) is 9.07. The van der Waals surface area contributed by atoms with Crippen LogP contribution in [0, 0.1) is 11.8 Å². The molecule has 4 nitrogen and oxygen atoms in total. The molecule has 0 spiro atoms. The van der Waals surface area contributed by atoms with Crippen molar-refractivity contribution in [2.24, 2.45) is 11.8 Å². The number of hydrogen-bond acceptors (Lipinski definition) is 3. The average Bonchev–Trinajstić information content (AvgIpc) is 2.69. The van der Waals surface area contributed by atoms with Gasteiger partial charge in [0.25, 0.3) is 0 Å². The quantitative estimate of drug-likeness (QED) is 0.802. The molecule has 0 radical (unpaired) electrons. The summed E-state index contributed by atoms with van der Waals surface area (Å²) in [5.74, 6) is -0.0256. The smallest absolute Gasteiger partial charge is 0.303 e. The molecule has 1 heterocycles. The van der Waals surface area contributed by atoms with Crippen LogP contribution in [0.1, 0.15) is 45.4 Å². The summed E-state index contributed by atoms with van der Waals surface area (Å²) >= 11 is 0. The fourth-order valence-electron chi connectivity index (χ4n) is 3.45. The van der Waals surface area contributed by atoms with Crippen LogP contribution in [0.15, 0.2) is 12.2 Å². The summed E-state index contributed by atoms with van der Waals surface area (Å²) in [4.78, 5) is 22.2. The lowest BCUT2D eigenvalue weighted by molar-refractivity contribution is -0.137. The molecule has 19 heavy (non-hydrogen) atoms. The zero-order chi connectivity index (χ0) is 13.9. The molecule has 1 saturated heterocycles. The first-order valence-electron chi connectivity index (χ1n) is 7.15. The fourth-order valence-corrected chi connectivity index (χ4v) is 3.45. The van der Waals surface area contributed by atoms with Crippen LogP contribution >= 0.6 is 0 Å². The Bertz CT molecular complexity index is 388. The number of fused-ring (bicyclic) bond motifs is 1. The lowest BCUT2D eigenvalue weighted by atomic mass is 9.71. The fraction of sp³-hybridized carbons (Fsp3) is 0.733. The summed E-state index contributed by atoms with van der Waals surface area (Å²) < 4.78 is 6.02. The topological polar surface area (TPSA) is 63.6 Å². The van der Waals surface area contributed by atoms with E-state index in [1.165, 1.54) is 0 Å². The van der Waals surface area contributed by atoms with Gasteiger partial charge < -0.3 is 9.84 Å². The van der Waals surface area contributed by atoms with Crippen LogP contribution in [0.5, 0.6) is 0 Å². The van der Waals surface area contributed by atoms with E-state index in [2.05, 4.69) is 6.92 Å². The Hall–Kier alpha value is -1.16. The highest BCUT2D eigenvalue weighted by Gasteiger charge is 2.49. The van der Waals surface area contributed by atoms with Crippen molar-refractivity contribution >= 4 is 11.8 Å². The molecule has 1 aliphatic carbocycles. The van der Waals surface area contributed by atoms with Crippen LogP contribution in [0.25, 0.3) is 0 Å². The predicted molar refractivity (Wildman–Crippen MR) is 70.8 cm³/mol. The zero-order valence-electron chi connectivity index (χ0n) is 11.4. The van der Waals surface area contributed by atoms with E-state index in [-0.39, 0.29) is 23.7 Å². The van der Waals surface area contributed by atoms with Crippen molar-refractivity contribution < 1.29 is 19.4 Å². The van der Waals surface area contributed by atoms with Crippen molar-refractivity contribution in [2.75, 3.05) is 6.61 Å². The van der Waals surface area contributed by atoms with E-state index in [1.807, 2.05) is 6.08 Å². The molecular formula is C15H22O4. The number of aliphatic carboxylic acids is 1. The lowest BCUT2D eigenvalue weighted by Crippen LogP contribution is -2.39. The minimum atomic E-state index is -0.752. The molecule has 0 saturated carbocycles. The molecule has 2 rings (SSSR count). The van der Waals surface area contributed by atoms with Gasteiger partial charge in [-0.15, -0.1) is 0 Å². The molecule has 1 fully saturated rings. The number of ketones is 1. The molecule has 1 aliphatic heterocycles. The SMILES string of the molecule is CCCC12C=CC(=O)CC1C(CCCC(=O)O)CO2. The van der Waals surface area contributed by atoms with E-state index in [1.54, 1.807) is 6.08 Å². The van der Waals surface area contributed by atoms with Gasteiger partial charge in [0.1, 0.15) is 0 Å². The Morgan fingerprint density at radius 3 is 3.05 bits per heavy atom. The Labute approximate surface area is 113 Å². The third-order valence-corrected chi connectivity index (χ3v) is 4.34. The predicted octanol–water partition coefficient (Wildman–Crippen LogP) is 2.57. The lowest BCUT2D eigenvalue weighted by Gasteiger charge is -2.35. The number of carbonyl (C=O) groups is 2. The van der Waals surface area contributed by atoms with Crippen molar-refractivity contribution in [1.29, 1.82) is 0 Å². The van der Waals surface area contributed by atoms with Gasteiger partial charge in [-0.2, -0.15) is 0 Å². The van der Waals surface area contributed by atoms with E-state index >= 15 is 0 Å². The molecule has 4 heteroatoms. The molecule has 1 N–H and O–H groups in total. The normalized spacial score (nSPS) is 33.4. The molecule has 0 bridgehead atoms. The summed E-state index contributed by atoms with van der Waals surface area (Å²) in [5.41, 5.74) is -0.267. The van der Waals surface area contributed by atoms with Crippen LogP contribution in [0.3, 0.4) is 0 Å². The van der Waals surface area contributed by atoms with Gasteiger partial charge in [-0.05, 0) is 37.3 Å². The van der Waals surface area contributed by atoms with Gasteiger partial charge in [0.05, 0.1) is 12.2 Å². The monoisotopic (exact) mass is 266 g/mol. The van der Waals surface area contributed by atoms with Crippen LogP contribution in [-0.2, 0) is 14.3 Å². The molecule has 106 valence electrons. The Morgan fingerprint density at radius 2 is 2.37 bits per heavy atom. The summed E-state index contributed by atoms with van der Waals surface area (Å²) in [7, 11) is 0. The zero-order valence-corrected chi connectivity index (χ0v) is 11.4. The number of carboxylic acids is 1. The maximum atomic E-state index is 11.6. The van der Waals surface area contributed by atoms with Crippen molar-refractivity contribution in [3.05, 3.63) is 12.2 Å². The maximum absolute atomic E-state index is 11.6. The molecule has 3 atom stereocenters. The Kier molecular flexibility index (Phi) is 4.40. The second-order valence-electron chi connectivity index (χ2n) is 5.67. The van der Waals surface area contributed by atoms with E-state index in [9.17, 15) is 9.59 Å². The molecule has 3 unspecified atom stereocenters. The first-order valence-corrected chi connectivity index (χ1v) is 7.15. The average molecular weight is 266 g/mol. The Balaban J connectivity index is 2.02. The largest absolute Gasteiger partial charge is 0.481 e. The summed E-state index contributed by atoms with van der Waals surface area (Å²) in [6, 6.07) is 0. The number of ether oxygens (including phenoxy) is 1. The Morgan fingerprint density at radius 1 is 1.58 bits per heavy atom. The van der Waals surface area contributed by atoms with Crippen molar-refractivity contribution in [3.8, 4) is 0 Å². The van der Waals surface area contributed by atoms with E-state index in [0.717, 1.165) is 19.3 Å². The molecule has 0 aromatic heterocycles. The first kappa shape index (κ1) is 14.3. The van der Waals surface area contributed by atoms with Crippen LogP contribution < -0.4 is 0 Å². The summed E-state index contributed by atoms with van der Waals surface area (Å²) in [5, 5.41) is 8.70. The van der Waals surface area contributed by atoms with E-state index in [4.69, 9.17) is 9.84 Å². The highest BCUT2D eigenvalue weighted by Crippen LogP contribution is 2.46. The van der Waals surface area contributed by atoms with Crippen molar-refractivity contribution in [1.82, 2.24) is 0 Å². The number of carboxylic acid groups (broad SMARTS) is 1. The number of hydrogen-bond donors (Lipinski definition) is 1. The highest BCUT2D eigenvalue weighted by atomic mass is 16.5. The van der Waals surface area contributed by atoms with Crippen LogP contribution in [0.4, 0.5) is 0 Å². The minimum absolute atomic E-state index is 0.172. The third kappa shape index (κ3) is 3.06. The van der Waals surface area contributed by atoms with Gasteiger partial charge in [-0.25, -0.2) is 0 Å². The maximum Gasteiger partial charge on any atom is 0.303 e.